The fourth-order valence-corrected chi connectivity index (χ4v) is 5.96. The summed E-state index contributed by atoms with van der Waals surface area (Å²) in [6.07, 6.45) is 3.06. The Kier molecular flexibility index (Phi) is 7.42. The van der Waals surface area contributed by atoms with Gasteiger partial charge in [-0.2, -0.15) is 4.31 Å². The summed E-state index contributed by atoms with van der Waals surface area (Å²) in [7, 11) is -1.54. The Morgan fingerprint density at radius 3 is 2.84 bits per heavy atom. The topological polar surface area (TPSA) is 78.5 Å². The van der Waals surface area contributed by atoms with Crippen LogP contribution in [0.5, 0.6) is 0 Å². The van der Waals surface area contributed by atoms with Gasteiger partial charge in [-0.05, 0) is 44.4 Å². The first kappa shape index (κ1) is 20.4. The fraction of sp³-hybridized carbons (Fsp3) is 0.706. The summed E-state index contributed by atoms with van der Waals surface area (Å²) < 4.78 is 27.6. The van der Waals surface area contributed by atoms with Gasteiger partial charge in [0.15, 0.2) is 0 Å². The Hall–Kier alpha value is -0.960. The number of rotatable bonds is 8. The second-order valence-corrected chi connectivity index (χ2v) is 10.2. The van der Waals surface area contributed by atoms with Crippen LogP contribution in [0.4, 0.5) is 0 Å². The number of thiophene rings is 1. The van der Waals surface area contributed by atoms with Crippen LogP contribution in [0.2, 0.25) is 0 Å². The van der Waals surface area contributed by atoms with Crippen LogP contribution in [-0.2, 0) is 21.2 Å². The largest absolute Gasteiger partial charge is 0.356 e. The number of carbonyl (C=O) groups excluding carboxylic acids is 1. The summed E-state index contributed by atoms with van der Waals surface area (Å²) in [5, 5.41) is 6.06. The van der Waals surface area contributed by atoms with Crippen molar-refractivity contribution in [3.8, 4) is 0 Å². The molecule has 1 aromatic heterocycles. The standard InChI is InChI=1S/C17H29N3O3S2/c1-13(2)11-16(21)19-9-8-15-6-7-17(24-15)25(22,23)20-10-4-5-14(12-20)18-3/h6-7,13-14,18H,4-5,8-12H2,1-3H3,(H,19,21). The van der Waals surface area contributed by atoms with Crippen LogP contribution in [0.25, 0.3) is 0 Å². The number of amides is 1. The van der Waals surface area contributed by atoms with E-state index in [0.29, 0.717) is 42.6 Å². The van der Waals surface area contributed by atoms with Crippen LogP contribution in [0.3, 0.4) is 0 Å². The highest BCUT2D eigenvalue weighted by molar-refractivity contribution is 7.91. The Labute approximate surface area is 155 Å². The lowest BCUT2D eigenvalue weighted by molar-refractivity contribution is -0.121. The summed E-state index contributed by atoms with van der Waals surface area (Å²) in [5.74, 6) is 0.385. The first-order valence-corrected chi connectivity index (χ1v) is 11.1. The van der Waals surface area contributed by atoms with Crippen molar-refractivity contribution in [3.63, 3.8) is 0 Å². The van der Waals surface area contributed by atoms with Gasteiger partial charge >= 0.3 is 0 Å². The quantitative estimate of drug-likeness (QED) is 0.713. The van der Waals surface area contributed by atoms with Crippen molar-refractivity contribution in [2.45, 2.75) is 49.8 Å². The van der Waals surface area contributed by atoms with Gasteiger partial charge in [-0.15, -0.1) is 11.3 Å². The van der Waals surface area contributed by atoms with E-state index in [1.165, 1.54) is 11.3 Å². The molecule has 0 aromatic carbocycles. The van der Waals surface area contributed by atoms with E-state index in [9.17, 15) is 13.2 Å². The summed E-state index contributed by atoms with van der Waals surface area (Å²) in [6.45, 7) is 5.66. The fourth-order valence-electron chi connectivity index (χ4n) is 2.92. The molecular formula is C17H29N3O3S2. The van der Waals surface area contributed by atoms with Gasteiger partial charge in [0, 0.05) is 37.0 Å². The average Bonchev–Trinajstić information content (AvgIpc) is 3.04. The van der Waals surface area contributed by atoms with E-state index < -0.39 is 10.0 Å². The van der Waals surface area contributed by atoms with E-state index in [2.05, 4.69) is 10.6 Å². The number of piperidine rings is 1. The zero-order chi connectivity index (χ0) is 18.4. The number of likely N-dealkylation sites (N-methyl/N-ethyl adjacent to an activating group) is 1. The molecule has 8 heteroatoms. The minimum absolute atomic E-state index is 0.0471. The predicted octanol–water partition coefficient (Wildman–Crippen LogP) is 1.83. The maximum atomic E-state index is 12.8. The normalized spacial score (nSPS) is 19.3. The molecule has 0 aliphatic carbocycles. The minimum Gasteiger partial charge on any atom is -0.356 e. The maximum absolute atomic E-state index is 12.8. The maximum Gasteiger partial charge on any atom is 0.252 e. The van der Waals surface area contributed by atoms with Gasteiger partial charge in [-0.25, -0.2) is 8.42 Å². The van der Waals surface area contributed by atoms with E-state index in [1.807, 2.05) is 27.0 Å². The lowest BCUT2D eigenvalue weighted by Crippen LogP contribution is -2.46. The Morgan fingerprint density at radius 1 is 1.40 bits per heavy atom. The van der Waals surface area contributed by atoms with Gasteiger partial charge in [0.25, 0.3) is 10.0 Å². The molecule has 1 fully saturated rings. The highest BCUT2D eigenvalue weighted by atomic mass is 32.2. The number of hydrogen-bond donors (Lipinski definition) is 2. The van der Waals surface area contributed by atoms with Crippen molar-refractivity contribution in [1.82, 2.24) is 14.9 Å². The molecular weight excluding hydrogens is 358 g/mol. The van der Waals surface area contributed by atoms with Gasteiger partial charge in [0.1, 0.15) is 4.21 Å². The molecule has 1 aliphatic heterocycles. The monoisotopic (exact) mass is 387 g/mol. The van der Waals surface area contributed by atoms with Crippen LogP contribution in [0.15, 0.2) is 16.3 Å². The molecule has 2 N–H and O–H groups in total. The van der Waals surface area contributed by atoms with E-state index >= 15 is 0 Å². The summed E-state index contributed by atoms with van der Waals surface area (Å²) in [4.78, 5) is 12.6. The van der Waals surface area contributed by atoms with Crippen molar-refractivity contribution >= 4 is 27.3 Å². The molecule has 1 saturated heterocycles. The van der Waals surface area contributed by atoms with Gasteiger partial charge in [-0.3, -0.25) is 4.79 Å². The number of nitrogens with one attached hydrogen (secondary N) is 2. The van der Waals surface area contributed by atoms with Crippen molar-refractivity contribution in [1.29, 1.82) is 0 Å². The molecule has 0 radical (unpaired) electrons. The van der Waals surface area contributed by atoms with Crippen LogP contribution in [-0.4, -0.2) is 51.4 Å². The predicted molar refractivity (Wildman–Crippen MR) is 101 cm³/mol. The summed E-state index contributed by atoms with van der Waals surface area (Å²) in [5.41, 5.74) is 0. The average molecular weight is 388 g/mol. The summed E-state index contributed by atoms with van der Waals surface area (Å²) in [6, 6.07) is 3.76. The first-order valence-electron chi connectivity index (χ1n) is 8.85. The molecule has 0 spiro atoms. The lowest BCUT2D eigenvalue weighted by Gasteiger charge is -2.31. The lowest BCUT2D eigenvalue weighted by atomic mass is 10.1. The molecule has 1 amide bonds. The molecule has 1 aromatic rings. The highest BCUT2D eigenvalue weighted by Crippen LogP contribution is 2.27. The van der Waals surface area contributed by atoms with Gasteiger partial charge < -0.3 is 10.6 Å². The van der Waals surface area contributed by atoms with Crippen LogP contribution >= 0.6 is 11.3 Å². The first-order chi connectivity index (χ1) is 11.8. The molecule has 25 heavy (non-hydrogen) atoms. The molecule has 0 bridgehead atoms. The SMILES string of the molecule is CNC1CCCN(S(=O)(=O)c2ccc(CCNC(=O)CC(C)C)s2)C1. The number of hydrogen-bond acceptors (Lipinski definition) is 5. The third-order valence-electron chi connectivity index (χ3n) is 4.31. The zero-order valence-corrected chi connectivity index (χ0v) is 16.9. The Morgan fingerprint density at radius 2 is 2.16 bits per heavy atom. The summed E-state index contributed by atoms with van der Waals surface area (Å²) >= 11 is 1.31. The minimum atomic E-state index is -3.42. The van der Waals surface area contributed by atoms with Crippen LogP contribution < -0.4 is 10.6 Å². The second kappa shape index (κ2) is 9.12. The van der Waals surface area contributed by atoms with E-state index in [-0.39, 0.29) is 11.9 Å². The van der Waals surface area contributed by atoms with Crippen LogP contribution in [0, 0.1) is 5.92 Å². The van der Waals surface area contributed by atoms with Gasteiger partial charge in [-0.1, -0.05) is 13.8 Å². The van der Waals surface area contributed by atoms with Crippen molar-refractivity contribution in [2.24, 2.45) is 5.92 Å². The van der Waals surface area contributed by atoms with E-state index in [0.717, 1.165) is 17.7 Å². The molecule has 142 valence electrons. The molecule has 1 aliphatic rings. The van der Waals surface area contributed by atoms with Gasteiger partial charge in [0.05, 0.1) is 0 Å². The van der Waals surface area contributed by atoms with Gasteiger partial charge in [0.2, 0.25) is 5.91 Å². The van der Waals surface area contributed by atoms with E-state index in [4.69, 9.17) is 0 Å². The highest BCUT2D eigenvalue weighted by Gasteiger charge is 2.30. The number of sulfonamides is 1. The van der Waals surface area contributed by atoms with Crippen molar-refractivity contribution in [2.75, 3.05) is 26.7 Å². The zero-order valence-electron chi connectivity index (χ0n) is 15.2. The molecule has 2 heterocycles. The third-order valence-corrected chi connectivity index (χ3v) is 7.79. The van der Waals surface area contributed by atoms with Crippen molar-refractivity contribution < 1.29 is 13.2 Å². The van der Waals surface area contributed by atoms with E-state index in [1.54, 1.807) is 10.4 Å². The molecule has 1 atom stereocenters. The third kappa shape index (κ3) is 5.77. The van der Waals surface area contributed by atoms with Crippen molar-refractivity contribution in [3.05, 3.63) is 17.0 Å². The second-order valence-electron chi connectivity index (χ2n) is 6.91. The molecule has 0 saturated carbocycles. The Bertz CT molecular complexity index is 670. The molecule has 2 rings (SSSR count). The Balaban J connectivity index is 1.92. The molecule has 1 unspecified atom stereocenters. The molecule has 6 nitrogen and oxygen atoms in total. The number of nitrogens with zero attached hydrogens (tertiary/aromatic N) is 1. The van der Waals surface area contributed by atoms with Crippen LogP contribution in [0.1, 0.15) is 38.0 Å². The smallest absolute Gasteiger partial charge is 0.252 e. The number of carbonyl (C=O) groups is 1.